The maximum atomic E-state index is 11.6. The molecule has 1 rings (SSSR count). The molecule has 1 fully saturated rings. The standard InChI is InChI=1S/C14H25N3O2/c1-4-5-6-13(18)15-12-7-9-17(10-8-12)11-14(19)16(2)3/h4,12H,1,5-11H2,2-3H3,(H,15,18). The summed E-state index contributed by atoms with van der Waals surface area (Å²) >= 11 is 0. The number of carbonyl (C=O) groups is 2. The van der Waals surface area contributed by atoms with Gasteiger partial charge in [-0.2, -0.15) is 0 Å². The molecule has 5 heteroatoms. The minimum Gasteiger partial charge on any atom is -0.353 e. The summed E-state index contributed by atoms with van der Waals surface area (Å²) < 4.78 is 0. The van der Waals surface area contributed by atoms with Gasteiger partial charge in [0, 0.05) is 39.6 Å². The maximum Gasteiger partial charge on any atom is 0.236 e. The van der Waals surface area contributed by atoms with Crippen LogP contribution in [0.4, 0.5) is 0 Å². The van der Waals surface area contributed by atoms with Crippen molar-refractivity contribution in [1.82, 2.24) is 15.1 Å². The average molecular weight is 267 g/mol. The zero-order valence-corrected chi connectivity index (χ0v) is 12.0. The second-order valence-electron chi connectivity index (χ2n) is 5.23. The molecule has 1 N–H and O–H groups in total. The van der Waals surface area contributed by atoms with Crippen LogP contribution >= 0.6 is 0 Å². The lowest BCUT2D eigenvalue weighted by Crippen LogP contribution is -2.47. The Bertz CT molecular complexity index is 321. The highest BCUT2D eigenvalue weighted by atomic mass is 16.2. The number of carbonyl (C=O) groups excluding carboxylic acids is 2. The fraction of sp³-hybridized carbons (Fsp3) is 0.714. The van der Waals surface area contributed by atoms with E-state index in [4.69, 9.17) is 0 Å². The van der Waals surface area contributed by atoms with Crippen LogP contribution in [-0.4, -0.2) is 61.4 Å². The van der Waals surface area contributed by atoms with Crippen molar-refractivity contribution >= 4 is 11.8 Å². The van der Waals surface area contributed by atoms with Gasteiger partial charge in [0.2, 0.25) is 11.8 Å². The van der Waals surface area contributed by atoms with E-state index in [1.807, 2.05) is 0 Å². The van der Waals surface area contributed by atoms with E-state index in [1.165, 1.54) is 0 Å². The van der Waals surface area contributed by atoms with Crippen molar-refractivity contribution in [2.75, 3.05) is 33.7 Å². The van der Waals surface area contributed by atoms with Crippen molar-refractivity contribution in [2.45, 2.75) is 31.7 Å². The lowest BCUT2D eigenvalue weighted by Gasteiger charge is -2.32. The Hall–Kier alpha value is -1.36. The smallest absolute Gasteiger partial charge is 0.236 e. The molecule has 0 radical (unpaired) electrons. The Morgan fingerprint density at radius 3 is 2.53 bits per heavy atom. The molecule has 2 amide bonds. The van der Waals surface area contributed by atoms with E-state index < -0.39 is 0 Å². The first-order valence-corrected chi connectivity index (χ1v) is 6.85. The van der Waals surface area contributed by atoms with Gasteiger partial charge in [0.25, 0.3) is 0 Å². The van der Waals surface area contributed by atoms with Gasteiger partial charge in [0.1, 0.15) is 0 Å². The number of amides is 2. The molecule has 1 saturated heterocycles. The van der Waals surface area contributed by atoms with E-state index >= 15 is 0 Å². The van der Waals surface area contributed by atoms with Crippen LogP contribution in [0.1, 0.15) is 25.7 Å². The molecule has 1 aliphatic rings. The largest absolute Gasteiger partial charge is 0.353 e. The van der Waals surface area contributed by atoms with Crippen molar-refractivity contribution in [3.63, 3.8) is 0 Å². The molecule has 0 bridgehead atoms. The molecule has 108 valence electrons. The zero-order valence-electron chi connectivity index (χ0n) is 12.0. The van der Waals surface area contributed by atoms with Gasteiger partial charge in [0.15, 0.2) is 0 Å². The van der Waals surface area contributed by atoms with Crippen molar-refractivity contribution in [3.05, 3.63) is 12.7 Å². The molecule has 5 nitrogen and oxygen atoms in total. The molecule has 1 aliphatic heterocycles. The van der Waals surface area contributed by atoms with Crippen LogP contribution in [-0.2, 0) is 9.59 Å². The van der Waals surface area contributed by atoms with Gasteiger partial charge in [0.05, 0.1) is 6.54 Å². The van der Waals surface area contributed by atoms with Gasteiger partial charge in [-0.1, -0.05) is 6.08 Å². The monoisotopic (exact) mass is 267 g/mol. The van der Waals surface area contributed by atoms with Gasteiger partial charge in [-0.3, -0.25) is 14.5 Å². The van der Waals surface area contributed by atoms with E-state index in [2.05, 4.69) is 16.8 Å². The number of likely N-dealkylation sites (N-methyl/N-ethyl adjacent to an activating group) is 1. The second-order valence-corrected chi connectivity index (χ2v) is 5.23. The first kappa shape index (κ1) is 15.7. The molecule has 0 spiro atoms. The van der Waals surface area contributed by atoms with Crippen LogP contribution in [0.25, 0.3) is 0 Å². The molecule has 0 aromatic rings. The highest BCUT2D eigenvalue weighted by molar-refractivity contribution is 5.77. The SMILES string of the molecule is C=CCCC(=O)NC1CCN(CC(=O)N(C)C)CC1. The molecule has 0 unspecified atom stereocenters. The third-order valence-corrected chi connectivity index (χ3v) is 3.39. The summed E-state index contributed by atoms with van der Waals surface area (Å²) in [4.78, 5) is 26.9. The lowest BCUT2D eigenvalue weighted by molar-refractivity contribution is -0.130. The molecule has 19 heavy (non-hydrogen) atoms. The fourth-order valence-corrected chi connectivity index (χ4v) is 2.10. The van der Waals surface area contributed by atoms with Gasteiger partial charge in [-0.15, -0.1) is 6.58 Å². The number of allylic oxidation sites excluding steroid dienone is 1. The number of hydrogen-bond acceptors (Lipinski definition) is 3. The Morgan fingerprint density at radius 1 is 1.37 bits per heavy atom. The Labute approximate surface area is 115 Å². The molecule has 1 heterocycles. The van der Waals surface area contributed by atoms with Crippen molar-refractivity contribution in [3.8, 4) is 0 Å². The predicted octanol–water partition coefficient (Wildman–Crippen LogP) is 0.621. The number of hydrogen-bond donors (Lipinski definition) is 1. The molecule has 0 aliphatic carbocycles. The van der Waals surface area contributed by atoms with Crippen LogP contribution in [0, 0.1) is 0 Å². The Balaban J connectivity index is 2.23. The lowest BCUT2D eigenvalue weighted by atomic mass is 10.0. The van der Waals surface area contributed by atoms with Crippen LogP contribution in [0.5, 0.6) is 0 Å². The van der Waals surface area contributed by atoms with Crippen LogP contribution in [0.2, 0.25) is 0 Å². The number of likely N-dealkylation sites (tertiary alicyclic amines) is 1. The van der Waals surface area contributed by atoms with Crippen LogP contribution in [0.3, 0.4) is 0 Å². The minimum atomic E-state index is 0.0997. The van der Waals surface area contributed by atoms with Gasteiger partial charge in [-0.25, -0.2) is 0 Å². The minimum absolute atomic E-state index is 0.0997. The highest BCUT2D eigenvalue weighted by Gasteiger charge is 2.22. The van der Waals surface area contributed by atoms with Gasteiger partial charge in [-0.05, 0) is 19.3 Å². The summed E-state index contributed by atoms with van der Waals surface area (Å²) in [5.74, 6) is 0.233. The first-order valence-electron chi connectivity index (χ1n) is 6.85. The number of rotatable bonds is 6. The molecular formula is C14H25N3O2. The molecule has 0 aromatic heterocycles. The summed E-state index contributed by atoms with van der Waals surface area (Å²) in [5, 5.41) is 3.04. The summed E-state index contributed by atoms with van der Waals surface area (Å²) in [6.07, 6.45) is 4.83. The fourth-order valence-electron chi connectivity index (χ4n) is 2.10. The topological polar surface area (TPSA) is 52.7 Å². The summed E-state index contributed by atoms with van der Waals surface area (Å²) in [6.45, 7) is 5.82. The predicted molar refractivity (Wildman–Crippen MR) is 75.7 cm³/mol. The Kier molecular flexibility index (Phi) is 6.56. The molecule has 0 saturated carbocycles. The van der Waals surface area contributed by atoms with Crippen molar-refractivity contribution in [1.29, 1.82) is 0 Å². The van der Waals surface area contributed by atoms with E-state index in [0.29, 0.717) is 13.0 Å². The summed E-state index contributed by atoms with van der Waals surface area (Å²) in [7, 11) is 3.55. The Morgan fingerprint density at radius 2 is 2.00 bits per heavy atom. The van der Waals surface area contributed by atoms with Crippen molar-refractivity contribution < 1.29 is 9.59 Å². The van der Waals surface area contributed by atoms with Crippen molar-refractivity contribution in [2.24, 2.45) is 0 Å². The third-order valence-electron chi connectivity index (χ3n) is 3.39. The first-order chi connectivity index (χ1) is 9.02. The second kappa shape index (κ2) is 7.94. The normalized spacial score (nSPS) is 16.9. The number of nitrogens with zero attached hydrogens (tertiary/aromatic N) is 2. The highest BCUT2D eigenvalue weighted by Crippen LogP contribution is 2.10. The van der Waals surface area contributed by atoms with E-state index in [1.54, 1.807) is 25.1 Å². The summed E-state index contributed by atoms with van der Waals surface area (Å²) in [5.41, 5.74) is 0. The van der Waals surface area contributed by atoms with Gasteiger partial charge >= 0.3 is 0 Å². The van der Waals surface area contributed by atoms with E-state index in [0.717, 1.165) is 32.4 Å². The van der Waals surface area contributed by atoms with Crippen LogP contribution in [0.15, 0.2) is 12.7 Å². The quantitative estimate of drug-likeness (QED) is 0.718. The maximum absolute atomic E-state index is 11.6. The summed E-state index contributed by atoms with van der Waals surface area (Å²) in [6, 6.07) is 0.253. The number of piperidine rings is 1. The molecule has 0 atom stereocenters. The molecular weight excluding hydrogens is 242 g/mol. The van der Waals surface area contributed by atoms with Gasteiger partial charge < -0.3 is 10.2 Å². The molecule has 0 aromatic carbocycles. The third kappa shape index (κ3) is 5.87. The zero-order chi connectivity index (χ0) is 14.3. The number of nitrogens with one attached hydrogen (secondary N) is 1. The van der Waals surface area contributed by atoms with E-state index in [9.17, 15) is 9.59 Å². The average Bonchev–Trinajstić information content (AvgIpc) is 2.38. The van der Waals surface area contributed by atoms with E-state index in [-0.39, 0.29) is 17.9 Å². The van der Waals surface area contributed by atoms with Crippen LogP contribution < -0.4 is 5.32 Å².